The highest BCUT2D eigenvalue weighted by Gasteiger charge is 2.40. The van der Waals surface area contributed by atoms with Crippen LogP contribution < -0.4 is 0 Å². The van der Waals surface area contributed by atoms with Gasteiger partial charge in [0.25, 0.3) is 0 Å². The molecule has 0 radical (unpaired) electrons. The molecule has 1 aliphatic heterocycles. The van der Waals surface area contributed by atoms with Crippen molar-refractivity contribution < 1.29 is 19.1 Å². The summed E-state index contributed by atoms with van der Waals surface area (Å²) in [6.07, 6.45) is 2.32. The van der Waals surface area contributed by atoms with Crippen molar-refractivity contribution in [2.24, 2.45) is 0 Å². The van der Waals surface area contributed by atoms with Gasteiger partial charge in [0.1, 0.15) is 6.61 Å². The van der Waals surface area contributed by atoms with Crippen molar-refractivity contribution in [3.8, 4) is 0 Å². The fraction of sp³-hybridized carbons (Fsp3) is 0.364. The summed E-state index contributed by atoms with van der Waals surface area (Å²) in [4.78, 5) is 26.1. The number of methoxy groups -OCH3 is 1. The molecule has 1 atom stereocenters. The van der Waals surface area contributed by atoms with E-state index < -0.39 is 0 Å². The molecule has 27 heavy (non-hydrogen) atoms. The van der Waals surface area contributed by atoms with Gasteiger partial charge in [0.15, 0.2) is 0 Å². The van der Waals surface area contributed by atoms with Gasteiger partial charge < -0.3 is 14.4 Å². The summed E-state index contributed by atoms with van der Waals surface area (Å²) >= 11 is 0. The van der Waals surface area contributed by atoms with Crippen LogP contribution in [0.2, 0.25) is 0 Å². The van der Waals surface area contributed by atoms with E-state index in [-0.39, 0.29) is 24.2 Å². The molecule has 0 aromatic heterocycles. The van der Waals surface area contributed by atoms with Crippen LogP contribution in [0.15, 0.2) is 54.6 Å². The van der Waals surface area contributed by atoms with Gasteiger partial charge >= 0.3 is 12.1 Å². The van der Waals surface area contributed by atoms with Crippen LogP contribution in [-0.4, -0.2) is 36.2 Å². The van der Waals surface area contributed by atoms with Gasteiger partial charge in [0, 0.05) is 12.1 Å². The second-order valence-electron chi connectivity index (χ2n) is 7.16. The Morgan fingerprint density at radius 1 is 1.04 bits per heavy atom. The fourth-order valence-corrected chi connectivity index (χ4v) is 3.63. The molecule has 0 bridgehead atoms. The van der Waals surface area contributed by atoms with Crippen molar-refractivity contribution in [3.05, 3.63) is 71.3 Å². The molecule has 5 heteroatoms. The lowest BCUT2D eigenvalue weighted by Gasteiger charge is -2.34. The van der Waals surface area contributed by atoms with Gasteiger partial charge in [0.05, 0.1) is 12.7 Å². The summed E-state index contributed by atoms with van der Waals surface area (Å²) in [5, 5.41) is 0. The zero-order valence-electron chi connectivity index (χ0n) is 15.8. The highest BCUT2D eigenvalue weighted by atomic mass is 16.6. The molecule has 1 fully saturated rings. The zero-order valence-corrected chi connectivity index (χ0v) is 15.8. The van der Waals surface area contributed by atoms with Crippen LogP contribution >= 0.6 is 0 Å². The molecule has 1 aliphatic rings. The summed E-state index contributed by atoms with van der Waals surface area (Å²) in [5.74, 6) is -0.347. The van der Waals surface area contributed by atoms with Gasteiger partial charge in [-0.1, -0.05) is 42.5 Å². The topological polar surface area (TPSA) is 55.8 Å². The lowest BCUT2D eigenvalue weighted by Crippen LogP contribution is -2.46. The number of ether oxygens (including phenoxy) is 2. The molecule has 0 saturated carbocycles. The number of carbonyl (C=O) groups is 2. The third-order valence-corrected chi connectivity index (χ3v) is 5.13. The number of benzene rings is 2. The van der Waals surface area contributed by atoms with Gasteiger partial charge in [-0.15, -0.1) is 0 Å². The van der Waals surface area contributed by atoms with E-state index in [4.69, 9.17) is 9.47 Å². The number of nitrogens with zero attached hydrogens (tertiary/aromatic N) is 1. The number of hydrogen-bond donors (Lipinski definition) is 0. The van der Waals surface area contributed by atoms with Gasteiger partial charge in [-0.3, -0.25) is 0 Å². The molecule has 142 valence electrons. The van der Waals surface area contributed by atoms with Gasteiger partial charge in [-0.25, -0.2) is 9.59 Å². The molecule has 1 unspecified atom stereocenters. The standard InChI is InChI=1S/C22H25NO4/c1-22(15-17-9-11-19(12-10-17)20(24)26-2)13-6-14-23(22)21(25)27-16-18-7-4-3-5-8-18/h3-5,7-12H,6,13-16H2,1-2H3. The van der Waals surface area contributed by atoms with Crippen LogP contribution in [0.25, 0.3) is 0 Å². The number of amides is 1. The predicted octanol–water partition coefficient (Wildman–Crippen LogP) is 4.21. The molecule has 0 aliphatic carbocycles. The molecule has 5 nitrogen and oxygen atoms in total. The van der Waals surface area contributed by atoms with Crippen LogP contribution in [0, 0.1) is 0 Å². The largest absolute Gasteiger partial charge is 0.465 e. The quantitative estimate of drug-likeness (QED) is 0.743. The van der Waals surface area contributed by atoms with Crippen molar-refractivity contribution in [1.82, 2.24) is 4.90 Å². The molecular formula is C22H25NO4. The Labute approximate surface area is 159 Å². The first-order chi connectivity index (χ1) is 13.0. The zero-order chi connectivity index (χ0) is 19.3. The van der Waals surface area contributed by atoms with Crippen LogP contribution in [0.3, 0.4) is 0 Å². The highest BCUT2D eigenvalue weighted by Crippen LogP contribution is 2.33. The Morgan fingerprint density at radius 2 is 1.74 bits per heavy atom. The molecule has 1 saturated heterocycles. The Balaban J connectivity index is 1.64. The summed E-state index contributed by atoms with van der Waals surface area (Å²) in [7, 11) is 1.37. The third kappa shape index (κ3) is 4.48. The molecule has 1 amide bonds. The molecule has 2 aromatic carbocycles. The van der Waals surface area contributed by atoms with Crippen molar-refractivity contribution in [1.29, 1.82) is 0 Å². The average Bonchev–Trinajstić information content (AvgIpc) is 3.08. The van der Waals surface area contributed by atoms with Crippen molar-refractivity contribution in [2.75, 3.05) is 13.7 Å². The summed E-state index contributed by atoms with van der Waals surface area (Å²) in [6, 6.07) is 17.1. The van der Waals surface area contributed by atoms with E-state index in [0.29, 0.717) is 12.1 Å². The van der Waals surface area contributed by atoms with E-state index >= 15 is 0 Å². The summed E-state index contributed by atoms with van der Waals surface area (Å²) < 4.78 is 10.3. The SMILES string of the molecule is COC(=O)c1ccc(CC2(C)CCCN2C(=O)OCc2ccccc2)cc1. The fourth-order valence-electron chi connectivity index (χ4n) is 3.63. The Kier molecular flexibility index (Phi) is 5.79. The number of hydrogen-bond acceptors (Lipinski definition) is 4. The van der Waals surface area contributed by atoms with E-state index in [9.17, 15) is 9.59 Å². The lowest BCUT2D eigenvalue weighted by molar-refractivity contribution is 0.0600. The minimum Gasteiger partial charge on any atom is -0.465 e. The van der Waals surface area contributed by atoms with Gasteiger partial charge in [-0.05, 0) is 49.4 Å². The molecule has 3 rings (SSSR count). The van der Waals surface area contributed by atoms with E-state index in [0.717, 1.165) is 30.4 Å². The lowest BCUT2D eigenvalue weighted by atomic mass is 9.90. The monoisotopic (exact) mass is 367 g/mol. The maximum atomic E-state index is 12.6. The van der Waals surface area contributed by atoms with E-state index in [1.165, 1.54) is 7.11 Å². The Bertz CT molecular complexity index is 788. The molecule has 2 aromatic rings. The van der Waals surface area contributed by atoms with Gasteiger partial charge in [-0.2, -0.15) is 0 Å². The second-order valence-corrected chi connectivity index (χ2v) is 7.16. The third-order valence-electron chi connectivity index (χ3n) is 5.13. The minimum absolute atomic E-state index is 0.273. The highest BCUT2D eigenvalue weighted by molar-refractivity contribution is 5.89. The maximum Gasteiger partial charge on any atom is 0.410 e. The van der Waals surface area contributed by atoms with E-state index in [2.05, 4.69) is 6.92 Å². The van der Waals surface area contributed by atoms with Gasteiger partial charge in [0.2, 0.25) is 0 Å². The summed E-state index contributed by atoms with van der Waals surface area (Å²) in [6.45, 7) is 3.07. The number of rotatable bonds is 5. The molecule has 0 spiro atoms. The first-order valence-corrected chi connectivity index (χ1v) is 9.17. The smallest absolute Gasteiger partial charge is 0.410 e. The molecule has 0 N–H and O–H groups in total. The summed E-state index contributed by atoms with van der Waals surface area (Å²) in [5.41, 5.74) is 2.29. The maximum absolute atomic E-state index is 12.6. The Morgan fingerprint density at radius 3 is 2.41 bits per heavy atom. The van der Waals surface area contributed by atoms with Crippen LogP contribution in [0.4, 0.5) is 4.79 Å². The van der Waals surface area contributed by atoms with Crippen molar-refractivity contribution >= 4 is 12.1 Å². The predicted molar refractivity (Wildman–Crippen MR) is 102 cm³/mol. The van der Waals surface area contributed by atoms with Crippen LogP contribution in [0.5, 0.6) is 0 Å². The normalized spacial score (nSPS) is 19.0. The minimum atomic E-state index is -0.347. The van der Waals surface area contributed by atoms with Crippen molar-refractivity contribution in [3.63, 3.8) is 0 Å². The number of esters is 1. The van der Waals surface area contributed by atoms with E-state index in [1.54, 1.807) is 12.1 Å². The first-order valence-electron chi connectivity index (χ1n) is 9.17. The number of likely N-dealkylation sites (tertiary alicyclic amines) is 1. The van der Waals surface area contributed by atoms with Crippen molar-refractivity contribution in [2.45, 2.75) is 38.3 Å². The van der Waals surface area contributed by atoms with E-state index in [1.807, 2.05) is 47.4 Å². The Hall–Kier alpha value is -2.82. The second kappa shape index (κ2) is 8.25. The molecule has 1 heterocycles. The van der Waals surface area contributed by atoms with Crippen LogP contribution in [0.1, 0.15) is 41.3 Å². The average molecular weight is 367 g/mol. The first kappa shape index (κ1) is 19.0. The molecular weight excluding hydrogens is 342 g/mol. The van der Waals surface area contributed by atoms with Crippen LogP contribution in [-0.2, 0) is 22.5 Å². The number of carbonyl (C=O) groups excluding carboxylic acids is 2.